The van der Waals surface area contributed by atoms with E-state index in [1.807, 2.05) is 0 Å². The first kappa shape index (κ1) is 14.7. The molecule has 0 N–H and O–H groups in total. The summed E-state index contributed by atoms with van der Waals surface area (Å²) in [5.74, 6) is -0.978. The Morgan fingerprint density at radius 1 is 1.26 bits per heavy atom. The van der Waals surface area contributed by atoms with E-state index in [2.05, 4.69) is 0 Å². The van der Waals surface area contributed by atoms with E-state index in [-0.39, 0.29) is 21.4 Å². The second-order valence-corrected chi connectivity index (χ2v) is 7.34. The number of carbonyl (C=O) groups is 1. The molecule has 1 aromatic carbocycles. The second-order valence-electron chi connectivity index (χ2n) is 3.60. The van der Waals surface area contributed by atoms with Gasteiger partial charge in [-0.3, -0.25) is 9.00 Å². The Balaban J connectivity index is 2.13. The van der Waals surface area contributed by atoms with Crippen molar-refractivity contribution < 1.29 is 13.4 Å². The maximum absolute atomic E-state index is 12.7. The molecule has 1 atom stereocenters. The van der Waals surface area contributed by atoms with Gasteiger partial charge in [0.1, 0.15) is 10.2 Å². The zero-order chi connectivity index (χ0) is 14.0. The number of carbonyl (C=O) groups excluding carboxylic acids is 1. The summed E-state index contributed by atoms with van der Waals surface area (Å²) in [4.78, 5) is 12.3. The van der Waals surface area contributed by atoms with Gasteiger partial charge in [0.15, 0.2) is 5.78 Å². The van der Waals surface area contributed by atoms with Crippen molar-refractivity contribution in [1.82, 2.24) is 0 Å². The Morgan fingerprint density at radius 2 is 1.89 bits per heavy atom. The molecule has 0 saturated carbocycles. The average molecular weight is 337 g/mol. The molecule has 2 rings (SSSR count). The third-order valence-electron chi connectivity index (χ3n) is 2.30. The van der Waals surface area contributed by atoms with Gasteiger partial charge in [-0.25, -0.2) is 4.39 Å². The highest BCUT2D eigenvalue weighted by molar-refractivity contribution is 7.85. The van der Waals surface area contributed by atoms with Crippen LogP contribution in [0.4, 0.5) is 4.39 Å². The van der Waals surface area contributed by atoms with Gasteiger partial charge in [0.25, 0.3) is 0 Å². The van der Waals surface area contributed by atoms with Gasteiger partial charge in [-0.05, 0) is 30.3 Å². The molecule has 100 valence electrons. The summed E-state index contributed by atoms with van der Waals surface area (Å²) in [6.07, 6.45) is 0. The molecule has 1 unspecified atom stereocenters. The molecule has 2 aromatic rings. The molecule has 7 heteroatoms. The number of thiophene rings is 1. The molecule has 0 radical (unpaired) electrons. The minimum atomic E-state index is -1.53. The van der Waals surface area contributed by atoms with E-state index >= 15 is 0 Å². The number of rotatable bonds is 4. The Hall–Kier alpha value is -0.750. The number of halogens is 3. The zero-order valence-corrected chi connectivity index (χ0v) is 12.5. The van der Waals surface area contributed by atoms with Crippen molar-refractivity contribution in [2.75, 3.05) is 5.75 Å². The Bertz CT molecular complexity index is 638. The molecule has 0 saturated heterocycles. The molecule has 1 heterocycles. The lowest BCUT2D eigenvalue weighted by Crippen LogP contribution is -2.10. The largest absolute Gasteiger partial charge is 0.293 e. The van der Waals surface area contributed by atoms with Gasteiger partial charge in [0.05, 0.1) is 20.9 Å². The van der Waals surface area contributed by atoms with E-state index in [0.29, 0.717) is 9.23 Å². The second kappa shape index (κ2) is 6.13. The summed E-state index contributed by atoms with van der Waals surface area (Å²) in [6, 6.07) is 6.64. The van der Waals surface area contributed by atoms with Gasteiger partial charge in [0.2, 0.25) is 0 Å². The molecule has 1 aromatic heterocycles. The lowest BCUT2D eigenvalue weighted by Gasteiger charge is -2.01. The number of hydrogen-bond donors (Lipinski definition) is 0. The highest BCUT2D eigenvalue weighted by Crippen LogP contribution is 2.31. The molecule has 19 heavy (non-hydrogen) atoms. The number of hydrogen-bond acceptors (Lipinski definition) is 3. The third-order valence-corrected chi connectivity index (χ3v) is 5.11. The van der Waals surface area contributed by atoms with Gasteiger partial charge in [-0.1, -0.05) is 23.2 Å². The molecule has 0 aliphatic rings. The van der Waals surface area contributed by atoms with Crippen molar-refractivity contribution in [2.45, 2.75) is 4.90 Å². The van der Waals surface area contributed by atoms with Crippen molar-refractivity contribution in [2.24, 2.45) is 0 Å². The lowest BCUT2D eigenvalue weighted by molar-refractivity contribution is 0.102. The first-order valence-corrected chi connectivity index (χ1v) is 7.98. The molecule has 2 nitrogen and oxygen atoms in total. The first-order valence-electron chi connectivity index (χ1n) is 5.09. The lowest BCUT2D eigenvalue weighted by atomic mass is 10.2. The van der Waals surface area contributed by atoms with Crippen molar-refractivity contribution in [3.8, 4) is 0 Å². The van der Waals surface area contributed by atoms with Crippen LogP contribution in [0.15, 0.2) is 35.2 Å². The number of benzene rings is 1. The van der Waals surface area contributed by atoms with Crippen LogP contribution in [0.2, 0.25) is 8.67 Å². The summed E-state index contributed by atoms with van der Waals surface area (Å²) < 4.78 is 25.4. The van der Waals surface area contributed by atoms with Crippen molar-refractivity contribution >= 4 is 51.1 Å². The summed E-state index contributed by atoms with van der Waals surface area (Å²) >= 11 is 12.7. The number of Topliss-reactive ketones (excluding diaryl/α,β-unsaturated/α-hetero) is 1. The highest BCUT2D eigenvalue weighted by atomic mass is 35.5. The van der Waals surface area contributed by atoms with E-state index in [1.165, 1.54) is 30.3 Å². The van der Waals surface area contributed by atoms with Crippen LogP contribution in [-0.2, 0) is 10.8 Å². The Morgan fingerprint density at radius 3 is 2.42 bits per heavy atom. The van der Waals surface area contributed by atoms with Crippen LogP contribution in [0.5, 0.6) is 0 Å². The van der Waals surface area contributed by atoms with Crippen LogP contribution in [0, 0.1) is 5.82 Å². The molecule has 0 aliphatic carbocycles. The smallest absolute Gasteiger partial charge is 0.178 e. The maximum Gasteiger partial charge on any atom is 0.178 e. The third kappa shape index (κ3) is 3.63. The van der Waals surface area contributed by atoms with E-state index < -0.39 is 16.6 Å². The fourth-order valence-electron chi connectivity index (χ4n) is 1.40. The van der Waals surface area contributed by atoms with Gasteiger partial charge >= 0.3 is 0 Å². The molecule has 0 aliphatic heterocycles. The van der Waals surface area contributed by atoms with Gasteiger partial charge in [0, 0.05) is 10.5 Å². The van der Waals surface area contributed by atoms with Gasteiger partial charge in [-0.2, -0.15) is 0 Å². The average Bonchev–Trinajstić information content (AvgIpc) is 2.69. The molecule has 0 amide bonds. The van der Waals surface area contributed by atoms with Gasteiger partial charge < -0.3 is 0 Å². The van der Waals surface area contributed by atoms with E-state index in [9.17, 15) is 13.4 Å². The highest BCUT2D eigenvalue weighted by Gasteiger charge is 2.17. The van der Waals surface area contributed by atoms with Crippen LogP contribution in [0.3, 0.4) is 0 Å². The summed E-state index contributed by atoms with van der Waals surface area (Å²) in [5, 5.41) is 0. The zero-order valence-electron chi connectivity index (χ0n) is 9.36. The van der Waals surface area contributed by atoms with E-state index in [1.54, 1.807) is 0 Å². The molecule has 0 spiro atoms. The standard InChI is InChI=1S/C12H7Cl2FO2S2/c13-11-5-9(12(14)18-11)10(16)6-19(17)8-3-1-7(15)2-4-8/h1-5H,6H2. The fourth-order valence-corrected chi connectivity index (χ4v) is 3.90. The van der Waals surface area contributed by atoms with Crippen molar-refractivity contribution in [1.29, 1.82) is 0 Å². The quantitative estimate of drug-likeness (QED) is 0.784. The van der Waals surface area contributed by atoms with Crippen molar-refractivity contribution in [3.63, 3.8) is 0 Å². The van der Waals surface area contributed by atoms with Crippen LogP contribution in [0.25, 0.3) is 0 Å². The van der Waals surface area contributed by atoms with E-state index in [0.717, 1.165) is 11.3 Å². The predicted octanol–water partition coefficient (Wildman–Crippen LogP) is 4.18. The Kier molecular flexibility index (Phi) is 4.73. The van der Waals surface area contributed by atoms with Crippen LogP contribution < -0.4 is 0 Å². The minimum absolute atomic E-state index is 0.210. The van der Waals surface area contributed by atoms with Crippen LogP contribution >= 0.6 is 34.5 Å². The molecule has 0 fully saturated rings. The summed E-state index contributed by atoms with van der Waals surface area (Å²) in [6.45, 7) is 0. The monoisotopic (exact) mass is 336 g/mol. The normalized spacial score (nSPS) is 12.4. The molecular weight excluding hydrogens is 330 g/mol. The predicted molar refractivity (Wildman–Crippen MR) is 76.3 cm³/mol. The Labute approximate surface area is 125 Å². The SMILES string of the molecule is O=C(CS(=O)c1ccc(F)cc1)c1cc(Cl)sc1Cl. The number of ketones is 1. The summed E-state index contributed by atoms with van der Waals surface area (Å²) in [5.41, 5.74) is 0.270. The summed E-state index contributed by atoms with van der Waals surface area (Å²) in [7, 11) is -1.53. The maximum atomic E-state index is 12.7. The molecular formula is C12H7Cl2FO2S2. The minimum Gasteiger partial charge on any atom is -0.293 e. The van der Waals surface area contributed by atoms with E-state index in [4.69, 9.17) is 23.2 Å². The van der Waals surface area contributed by atoms with Crippen LogP contribution in [0.1, 0.15) is 10.4 Å². The topological polar surface area (TPSA) is 34.1 Å². The fraction of sp³-hybridized carbons (Fsp3) is 0.0833. The first-order chi connectivity index (χ1) is 8.97. The van der Waals surface area contributed by atoms with Gasteiger partial charge in [-0.15, -0.1) is 11.3 Å². The molecule has 0 bridgehead atoms. The van der Waals surface area contributed by atoms with Crippen molar-refractivity contribution in [3.05, 3.63) is 50.4 Å². The van der Waals surface area contributed by atoms with Crippen LogP contribution in [-0.4, -0.2) is 15.7 Å².